The van der Waals surface area contributed by atoms with Gasteiger partial charge in [0.15, 0.2) is 5.69 Å². The molecule has 0 spiro atoms. The number of nitrogens with one attached hydrogen (secondary N) is 1. The van der Waals surface area contributed by atoms with E-state index in [9.17, 15) is 4.79 Å². The molecule has 0 saturated heterocycles. The molecule has 1 aromatic rings. The molecule has 0 aliphatic heterocycles. The van der Waals surface area contributed by atoms with Crippen LogP contribution in [0.1, 0.15) is 48.8 Å². The summed E-state index contributed by atoms with van der Waals surface area (Å²) >= 11 is 0. The van der Waals surface area contributed by atoms with Crippen LogP contribution >= 0.6 is 0 Å². The molecule has 0 aromatic carbocycles. The number of carboxylic acids is 1. The Bertz CT molecular complexity index is 347. The highest BCUT2D eigenvalue weighted by Gasteiger charge is 2.38. The third-order valence-electron chi connectivity index (χ3n) is 3.36. The monoisotopic (exact) mass is 194 g/mol. The smallest absolute Gasteiger partial charge is 0.356 e. The Hall–Kier alpha value is -1.32. The van der Waals surface area contributed by atoms with E-state index in [0.29, 0.717) is 0 Å². The second kappa shape index (κ2) is 3.12. The van der Waals surface area contributed by atoms with Crippen molar-refractivity contribution in [3.05, 3.63) is 17.5 Å². The second-order valence-corrected chi connectivity index (χ2v) is 3.96. The zero-order valence-electron chi connectivity index (χ0n) is 8.21. The van der Waals surface area contributed by atoms with E-state index < -0.39 is 5.97 Å². The summed E-state index contributed by atoms with van der Waals surface area (Å²) in [5.74, 6) is -0.960. The van der Waals surface area contributed by atoms with Gasteiger partial charge in [-0.1, -0.05) is 13.3 Å². The highest BCUT2D eigenvalue weighted by molar-refractivity contribution is 5.85. The molecule has 1 heterocycles. The van der Waals surface area contributed by atoms with Gasteiger partial charge in [-0.05, 0) is 25.3 Å². The van der Waals surface area contributed by atoms with Crippen LogP contribution in [0, 0.1) is 0 Å². The Labute approximate surface area is 82.3 Å². The van der Waals surface area contributed by atoms with Gasteiger partial charge in [-0.25, -0.2) is 4.79 Å². The molecular weight excluding hydrogens is 180 g/mol. The molecule has 1 fully saturated rings. The quantitative estimate of drug-likeness (QED) is 0.772. The number of H-pyrrole nitrogens is 1. The highest BCUT2D eigenvalue weighted by Crippen LogP contribution is 2.45. The maximum absolute atomic E-state index is 10.7. The molecule has 0 radical (unpaired) electrons. The molecule has 1 saturated carbocycles. The number of aromatic amines is 1. The van der Waals surface area contributed by atoms with Crippen LogP contribution in [0.5, 0.6) is 0 Å². The second-order valence-electron chi connectivity index (χ2n) is 3.96. The lowest BCUT2D eigenvalue weighted by molar-refractivity contribution is 0.0690. The molecule has 76 valence electrons. The van der Waals surface area contributed by atoms with Crippen LogP contribution in [-0.2, 0) is 5.41 Å². The third-order valence-corrected chi connectivity index (χ3v) is 3.36. The van der Waals surface area contributed by atoms with Crippen molar-refractivity contribution >= 4 is 5.97 Å². The Kier molecular flexibility index (Phi) is 2.06. The van der Waals surface area contributed by atoms with Crippen LogP contribution in [0.2, 0.25) is 0 Å². The van der Waals surface area contributed by atoms with Gasteiger partial charge in [-0.15, -0.1) is 0 Å². The summed E-state index contributed by atoms with van der Waals surface area (Å²) < 4.78 is 0. The van der Waals surface area contributed by atoms with Crippen LogP contribution in [0.3, 0.4) is 0 Å². The first-order chi connectivity index (χ1) is 6.68. The SMILES string of the molecule is CCC1(c2cc(C(=O)O)n[nH]2)CCC1. The molecule has 2 rings (SSSR count). The number of carboxylic acid groups (broad SMARTS) is 1. The van der Waals surface area contributed by atoms with Crippen molar-refractivity contribution in [3.8, 4) is 0 Å². The van der Waals surface area contributed by atoms with Crippen LogP contribution < -0.4 is 0 Å². The molecule has 14 heavy (non-hydrogen) atoms. The molecular formula is C10H14N2O2. The molecule has 4 nitrogen and oxygen atoms in total. The minimum absolute atomic E-state index is 0.125. The molecule has 1 aliphatic rings. The molecule has 2 N–H and O–H groups in total. The minimum atomic E-state index is -0.960. The van der Waals surface area contributed by atoms with Crippen LogP contribution in [-0.4, -0.2) is 21.3 Å². The van der Waals surface area contributed by atoms with Gasteiger partial charge in [0, 0.05) is 11.1 Å². The Morgan fingerprint density at radius 3 is 2.79 bits per heavy atom. The Balaban J connectivity index is 2.27. The molecule has 4 heteroatoms. The number of rotatable bonds is 3. The summed E-state index contributed by atoms with van der Waals surface area (Å²) in [6.45, 7) is 2.14. The zero-order valence-corrected chi connectivity index (χ0v) is 8.21. The van der Waals surface area contributed by atoms with Crippen molar-refractivity contribution in [2.75, 3.05) is 0 Å². The van der Waals surface area contributed by atoms with Gasteiger partial charge in [0.05, 0.1) is 0 Å². The van der Waals surface area contributed by atoms with Gasteiger partial charge < -0.3 is 5.11 Å². The van der Waals surface area contributed by atoms with Crippen molar-refractivity contribution in [2.45, 2.75) is 38.0 Å². The summed E-state index contributed by atoms with van der Waals surface area (Å²) in [4.78, 5) is 10.7. The lowest BCUT2D eigenvalue weighted by Gasteiger charge is -2.40. The number of carbonyl (C=O) groups is 1. The van der Waals surface area contributed by atoms with Crippen molar-refractivity contribution in [1.29, 1.82) is 0 Å². The van der Waals surface area contributed by atoms with E-state index in [1.54, 1.807) is 6.07 Å². The van der Waals surface area contributed by atoms with Crippen molar-refractivity contribution < 1.29 is 9.90 Å². The highest BCUT2D eigenvalue weighted by atomic mass is 16.4. The van der Waals surface area contributed by atoms with Gasteiger partial charge in [0.2, 0.25) is 0 Å². The topological polar surface area (TPSA) is 66.0 Å². The normalized spacial score (nSPS) is 18.9. The van der Waals surface area contributed by atoms with Crippen molar-refractivity contribution in [3.63, 3.8) is 0 Å². The summed E-state index contributed by atoms with van der Waals surface area (Å²) in [6.07, 6.45) is 4.57. The van der Waals surface area contributed by atoms with Gasteiger partial charge in [0.25, 0.3) is 0 Å². The number of hydrogen-bond donors (Lipinski definition) is 2. The van der Waals surface area contributed by atoms with E-state index in [4.69, 9.17) is 5.11 Å². The van der Waals surface area contributed by atoms with E-state index >= 15 is 0 Å². The predicted octanol–water partition coefficient (Wildman–Crippen LogP) is 1.94. The first kappa shape index (κ1) is 9.24. The first-order valence-corrected chi connectivity index (χ1v) is 4.97. The van der Waals surface area contributed by atoms with Crippen LogP contribution in [0.4, 0.5) is 0 Å². The molecule has 0 bridgehead atoms. The van der Waals surface area contributed by atoms with Gasteiger partial charge in [0.1, 0.15) is 0 Å². The average molecular weight is 194 g/mol. The zero-order chi connectivity index (χ0) is 10.2. The predicted molar refractivity (Wildman–Crippen MR) is 51.4 cm³/mol. The minimum Gasteiger partial charge on any atom is -0.476 e. The van der Waals surface area contributed by atoms with E-state index in [1.807, 2.05) is 0 Å². The van der Waals surface area contributed by atoms with Crippen LogP contribution in [0.15, 0.2) is 6.07 Å². The van der Waals surface area contributed by atoms with E-state index in [2.05, 4.69) is 17.1 Å². The summed E-state index contributed by atoms with van der Waals surface area (Å²) in [6, 6.07) is 1.67. The maximum atomic E-state index is 10.7. The molecule has 0 atom stereocenters. The van der Waals surface area contributed by atoms with Gasteiger partial charge in [-0.2, -0.15) is 5.10 Å². The number of hydrogen-bond acceptors (Lipinski definition) is 2. The van der Waals surface area contributed by atoms with Gasteiger partial charge in [-0.3, -0.25) is 5.10 Å². The summed E-state index contributed by atoms with van der Waals surface area (Å²) in [5, 5.41) is 15.4. The summed E-state index contributed by atoms with van der Waals surface area (Å²) in [5.41, 5.74) is 1.30. The van der Waals surface area contributed by atoms with E-state index in [0.717, 1.165) is 25.0 Å². The Morgan fingerprint density at radius 1 is 1.71 bits per heavy atom. The average Bonchev–Trinajstić information content (AvgIpc) is 2.52. The fourth-order valence-corrected chi connectivity index (χ4v) is 2.12. The Morgan fingerprint density at radius 2 is 2.43 bits per heavy atom. The lowest BCUT2D eigenvalue weighted by Crippen LogP contribution is -2.33. The number of aromatic carboxylic acids is 1. The fourth-order valence-electron chi connectivity index (χ4n) is 2.12. The third kappa shape index (κ3) is 1.22. The standard InChI is InChI=1S/C10H14N2O2/c1-2-10(4-3-5-10)8-6-7(9(13)14)11-12-8/h6H,2-5H2,1H3,(H,11,12)(H,13,14). The first-order valence-electron chi connectivity index (χ1n) is 4.97. The molecule has 0 amide bonds. The molecule has 0 unspecified atom stereocenters. The van der Waals surface area contributed by atoms with Gasteiger partial charge >= 0.3 is 5.97 Å². The molecule has 1 aromatic heterocycles. The largest absolute Gasteiger partial charge is 0.476 e. The van der Waals surface area contributed by atoms with Crippen molar-refractivity contribution in [1.82, 2.24) is 10.2 Å². The number of aromatic nitrogens is 2. The molecule has 1 aliphatic carbocycles. The van der Waals surface area contributed by atoms with Crippen LogP contribution in [0.25, 0.3) is 0 Å². The summed E-state index contributed by atoms with van der Waals surface area (Å²) in [7, 11) is 0. The lowest BCUT2D eigenvalue weighted by atomic mass is 9.65. The van der Waals surface area contributed by atoms with Crippen molar-refractivity contribution in [2.24, 2.45) is 0 Å². The van der Waals surface area contributed by atoms with E-state index in [-0.39, 0.29) is 11.1 Å². The number of nitrogens with zero attached hydrogens (tertiary/aromatic N) is 1. The maximum Gasteiger partial charge on any atom is 0.356 e. The fraction of sp³-hybridized carbons (Fsp3) is 0.600. The van der Waals surface area contributed by atoms with E-state index in [1.165, 1.54) is 6.42 Å².